The molecule has 1 aromatic heterocycles. The van der Waals surface area contributed by atoms with E-state index in [1.165, 1.54) is 0 Å². The normalized spacial score (nSPS) is 29.4. The average Bonchev–Trinajstić information content (AvgIpc) is 2.48. The van der Waals surface area contributed by atoms with E-state index in [1.807, 2.05) is 12.4 Å². The maximum absolute atomic E-state index is 6.00. The van der Waals surface area contributed by atoms with Crippen molar-refractivity contribution in [2.45, 2.75) is 18.5 Å². The van der Waals surface area contributed by atoms with Crippen LogP contribution in [0.2, 0.25) is 0 Å². The van der Waals surface area contributed by atoms with E-state index in [9.17, 15) is 0 Å². The van der Waals surface area contributed by atoms with E-state index >= 15 is 0 Å². The quantitative estimate of drug-likeness (QED) is 0.666. The Balaban J connectivity index is 2.25. The highest BCUT2D eigenvalue weighted by molar-refractivity contribution is 5.14. The highest BCUT2D eigenvalue weighted by atomic mass is 15.2. The Morgan fingerprint density at radius 3 is 2.69 bits per heavy atom. The summed E-state index contributed by atoms with van der Waals surface area (Å²) in [5.74, 6) is 0. The highest BCUT2D eigenvalue weighted by Gasteiger charge is 2.30. The van der Waals surface area contributed by atoms with Crippen LogP contribution in [0, 0.1) is 0 Å². The molecule has 1 fully saturated rings. The van der Waals surface area contributed by atoms with Gasteiger partial charge < -0.3 is 5.73 Å². The van der Waals surface area contributed by atoms with Crippen LogP contribution in [0.1, 0.15) is 18.0 Å². The molecule has 1 saturated heterocycles. The van der Waals surface area contributed by atoms with Crippen molar-refractivity contribution in [3.8, 4) is 0 Å². The van der Waals surface area contributed by atoms with Crippen LogP contribution in [0.4, 0.5) is 0 Å². The monoisotopic (exact) mass is 178 g/mol. The van der Waals surface area contributed by atoms with Crippen LogP contribution in [0.3, 0.4) is 0 Å². The largest absolute Gasteiger partial charge is 0.326 e. The molecule has 1 aliphatic rings. The summed E-state index contributed by atoms with van der Waals surface area (Å²) in [5.41, 5.74) is 7.12. The van der Waals surface area contributed by atoms with Gasteiger partial charge in [-0.1, -0.05) is 0 Å². The molecular formula is C9H14N4. The van der Waals surface area contributed by atoms with Gasteiger partial charge in [-0.05, 0) is 13.5 Å². The molecule has 4 heteroatoms. The van der Waals surface area contributed by atoms with Crippen LogP contribution in [-0.4, -0.2) is 34.5 Å². The Hall–Kier alpha value is -1.00. The lowest BCUT2D eigenvalue weighted by Crippen LogP contribution is -2.29. The Bertz CT molecular complexity index is 264. The zero-order valence-electron chi connectivity index (χ0n) is 7.72. The zero-order valence-corrected chi connectivity index (χ0v) is 7.72. The third-order valence-electron chi connectivity index (χ3n) is 2.62. The van der Waals surface area contributed by atoms with Gasteiger partial charge in [0.25, 0.3) is 0 Å². The minimum absolute atomic E-state index is 0.219. The van der Waals surface area contributed by atoms with Crippen LogP contribution >= 0.6 is 0 Å². The summed E-state index contributed by atoms with van der Waals surface area (Å²) in [6, 6.07) is 0.511. The van der Waals surface area contributed by atoms with Crippen LogP contribution in [0.15, 0.2) is 18.7 Å². The van der Waals surface area contributed by atoms with E-state index in [2.05, 4.69) is 21.9 Å². The van der Waals surface area contributed by atoms with Gasteiger partial charge in [0.05, 0.1) is 6.04 Å². The smallest absolute Gasteiger partial charge is 0.115 e. The zero-order chi connectivity index (χ0) is 9.26. The number of hydrogen-bond acceptors (Lipinski definition) is 4. The number of aromatic nitrogens is 2. The predicted molar refractivity (Wildman–Crippen MR) is 50.0 cm³/mol. The molecule has 70 valence electrons. The fourth-order valence-corrected chi connectivity index (χ4v) is 1.94. The van der Waals surface area contributed by atoms with Crippen LogP contribution in [0.5, 0.6) is 0 Å². The molecule has 2 N–H and O–H groups in total. The van der Waals surface area contributed by atoms with Gasteiger partial charge in [0.15, 0.2) is 0 Å². The minimum Gasteiger partial charge on any atom is -0.326 e. The van der Waals surface area contributed by atoms with Crippen molar-refractivity contribution < 1.29 is 0 Å². The molecule has 2 atom stereocenters. The van der Waals surface area contributed by atoms with Crippen molar-refractivity contribution in [1.29, 1.82) is 0 Å². The van der Waals surface area contributed by atoms with Gasteiger partial charge in [-0.3, -0.25) is 4.90 Å². The summed E-state index contributed by atoms with van der Waals surface area (Å²) >= 11 is 0. The number of nitrogens with two attached hydrogens (primary N) is 1. The topological polar surface area (TPSA) is 55.0 Å². The lowest BCUT2D eigenvalue weighted by molar-refractivity contribution is 0.303. The van der Waals surface area contributed by atoms with E-state index in [0.29, 0.717) is 6.04 Å². The third-order valence-corrected chi connectivity index (χ3v) is 2.62. The third kappa shape index (κ3) is 1.55. The molecule has 4 nitrogen and oxygen atoms in total. The van der Waals surface area contributed by atoms with Crippen molar-refractivity contribution in [3.63, 3.8) is 0 Å². The molecule has 0 bridgehead atoms. The first kappa shape index (κ1) is 8.59. The van der Waals surface area contributed by atoms with E-state index in [-0.39, 0.29) is 6.04 Å². The highest BCUT2D eigenvalue weighted by Crippen LogP contribution is 2.28. The summed E-state index contributed by atoms with van der Waals surface area (Å²) < 4.78 is 0. The second-order valence-corrected chi connectivity index (χ2v) is 3.55. The Labute approximate surface area is 77.8 Å². The molecule has 0 spiro atoms. The van der Waals surface area contributed by atoms with Crippen molar-refractivity contribution in [3.05, 3.63) is 24.3 Å². The number of likely N-dealkylation sites (N-methyl/N-ethyl adjacent to an activating group) is 1. The van der Waals surface area contributed by atoms with E-state index < -0.39 is 0 Å². The molecular weight excluding hydrogens is 164 g/mol. The van der Waals surface area contributed by atoms with E-state index in [0.717, 1.165) is 18.5 Å². The Morgan fingerprint density at radius 1 is 1.46 bits per heavy atom. The first-order valence-corrected chi connectivity index (χ1v) is 4.50. The maximum Gasteiger partial charge on any atom is 0.115 e. The second kappa shape index (κ2) is 3.40. The predicted octanol–water partition coefficient (Wildman–Crippen LogP) is 0.180. The second-order valence-electron chi connectivity index (χ2n) is 3.55. The fourth-order valence-electron chi connectivity index (χ4n) is 1.94. The fraction of sp³-hybridized carbons (Fsp3) is 0.556. The number of nitrogens with zero attached hydrogens (tertiary/aromatic N) is 3. The summed E-state index contributed by atoms with van der Waals surface area (Å²) in [5, 5.41) is 0. The Kier molecular flexibility index (Phi) is 2.24. The summed E-state index contributed by atoms with van der Waals surface area (Å²) in [7, 11) is 2.09. The molecule has 1 aliphatic heterocycles. The Morgan fingerprint density at radius 2 is 2.15 bits per heavy atom. The number of likely N-dealkylation sites (tertiary alicyclic amines) is 1. The molecule has 2 rings (SSSR count). The van der Waals surface area contributed by atoms with Crippen molar-refractivity contribution in [2.24, 2.45) is 5.73 Å². The van der Waals surface area contributed by atoms with Crippen LogP contribution in [-0.2, 0) is 0 Å². The average molecular weight is 178 g/mol. The van der Waals surface area contributed by atoms with Gasteiger partial charge in [0.1, 0.15) is 6.33 Å². The van der Waals surface area contributed by atoms with Gasteiger partial charge in [-0.2, -0.15) is 0 Å². The SMILES string of the molecule is CN1CCC(N)C1c1cncnc1. The molecule has 13 heavy (non-hydrogen) atoms. The maximum atomic E-state index is 6.00. The van der Waals surface area contributed by atoms with Gasteiger partial charge in [-0.25, -0.2) is 9.97 Å². The minimum atomic E-state index is 0.219. The van der Waals surface area contributed by atoms with Gasteiger partial charge >= 0.3 is 0 Å². The van der Waals surface area contributed by atoms with E-state index in [4.69, 9.17) is 5.73 Å². The van der Waals surface area contributed by atoms with Crippen LogP contribution in [0.25, 0.3) is 0 Å². The molecule has 0 radical (unpaired) electrons. The van der Waals surface area contributed by atoms with Gasteiger partial charge in [-0.15, -0.1) is 0 Å². The molecule has 2 heterocycles. The first-order chi connectivity index (χ1) is 6.29. The van der Waals surface area contributed by atoms with Crippen LogP contribution < -0.4 is 5.73 Å². The molecule has 1 aromatic rings. The summed E-state index contributed by atoms with van der Waals surface area (Å²) in [6.07, 6.45) is 6.29. The van der Waals surface area contributed by atoms with Crippen molar-refractivity contribution in [1.82, 2.24) is 14.9 Å². The number of rotatable bonds is 1. The van der Waals surface area contributed by atoms with Crippen molar-refractivity contribution >= 4 is 0 Å². The van der Waals surface area contributed by atoms with Crippen molar-refractivity contribution in [2.75, 3.05) is 13.6 Å². The molecule has 0 amide bonds. The number of hydrogen-bond donors (Lipinski definition) is 1. The lowest BCUT2D eigenvalue weighted by Gasteiger charge is -2.22. The lowest BCUT2D eigenvalue weighted by atomic mass is 10.0. The first-order valence-electron chi connectivity index (χ1n) is 4.50. The summed E-state index contributed by atoms with van der Waals surface area (Å²) in [4.78, 5) is 10.3. The summed E-state index contributed by atoms with van der Waals surface area (Å²) in [6.45, 7) is 1.06. The molecule has 2 unspecified atom stereocenters. The van der Waals surface area contributed by atoms with E-state index in [1.54, 1.807) is 6.33 Å². The van der Waals surface area contributed by atoms with Gasteiger partial charge in [0.2, 0.25) is 0 Å². The van der Waals surface area contributed by atoms with Gasteiger partial charge in [0, 0.05) is 30.5 Å². The molecule has 0 aliphatic carbocycles. The molecule has 0 aromatic carbocycles. The molecule has 0 saturated carbocycles. The standard InChI is InChI=1S/C9H14N4/c1-13-3-2-8(10)9(13)7-4-11-6-12-5-7/h4-6,8-9H,2-3,10H2,1H3.